The van der Waals surface area contributed by atoms with Gasteiger partial charge in [0.05, 0.1) is 6.10 Å². The lowest BCUT2D eigenvalue weighted by molar-refractivity contribution is -0.0453. The van der Waals surface area contributed by atoms with Crippen molar-refractivity contribution in [2.24, 2.45) is 34.3 Å². The predicted molar refractivity (Wildman–Crippen MR) is 85.7 cm³/mol. The first-order chi connectivity index (χ1) is 9.95. The second kappa shape index (κ2) is 4.58. The van der Waals surface area contributed by atoms with Crippen molar-refractivity contribution in [3.63, 3.8) is 0 Å². The van der Waals surface area contributed by atoms with Crippen molar-refractivity contribution in [1.82, 2.24) is 0 Å². The summed E-state index contributed by atoms with van der Waals surface area (Å²) in [6.07, 6.45) is 12.0. The van der Waals surface area contributed by atoms with Gasteiger partial charge in [0.2, 0.25) is 0 Å². The summed E-state index contributed by atoms with van der Waals surface area (Å²) in [5.41, 5.74) is 8.84. The van der Waals surface area contributed by atoms with Crippen LogP contribution in [0.5, 0.6) is 0 Å². The zero-order valence-corrected chi connectivity index (χ0v) is 13.6. The number of rotatable bonds is 0. The van der Waals surface area contributed by atoms with Crippen LogP contribution in [0, 0.1) is 28.6 Å². The molecule has 2 nitrogen and oxygen atoms in total. The molecule has 0 bridgehead atoms. The van der Waals surface area contributed by atoms with Crippen LogP contribution >= 0.6 is 0 Å². The van der Waals surface area contributed by atoms with E-state index >= 15 is 0 Å². The first-order valence-electron chi connectivity index (χ1n) is 9.10. The van der Waals surface area contributed by atoms with Gasteiger partial charge in [-0.1, -0.05) is 25.5 Å². The molecule has 3 fully saturated rings. The minimum atomic E-state index is -0.182. The molecule has 0 heterocycles. The molecule has 4 aliphatic carbocycles. The number of aliphatic hydroxyl groups excluding tert-OH is 1. The monoisotopic (exact) mass is 289 g/mol. The first kappa shape index (κ1) is 14.3. The number of hydrogen-bond acceptors (Lipinski definition) is 2. The molecule has 0 radical (unpaired) electrons. The van der Waals surface area contributed by atoms with E-state index < -0.39 is 0 Å². The Morgan fingerprint density at radius 3 is 2.67 bits per heavy atom. The smallest absolute Gasteiger partial charge is 0.0724 e. The second-order valence-corrected chi connectivity index (χ2v) is 8.86. The maximum Gasteiger partial charge on any atom is 0.0724 e. The van der Waals surface area contributed by atoms with Crippen LogP contribution in [0.15, 0.2) is 11.6 Å². The molecule has 2 heteroatoms. The molecule has 0 spiro atoms. The minimum absolute atomic E-state index is 0.182. The van der Waals surface area contributed by atoms with Crippen molar-refractivity contribution in [2.45, 2.75) is 77.4 Å². The molecule has 0 aromatic heterocycles. The Kier molecular flexibility index (Phi) is 3.11. The third-order valence-electron chi connectivity index (χ3n) is 8.16. The summed E-state index contributed by atoms with van der Waals surface area (Å²) in [4.78, 5) is 0. The highest BCUT2D eigenvalue weighted by Gasteiger charge is 2.58. The van der Waals surface area contributed by atoms with Gasteiger partial charge in [0.15, 0.2) is 0 Å². The Morgan fingerprint density at radius 2 is 1.86 bits per heavy atom. The van der Waals surface area contributed by atoms with Crippen LogP contribution in [0.1, 0.15) is 65.2 Å². The minimum Gasteiger partial charge on any atom is -0.389 e. The maximum atomic E-state index is 9.99. The van der Waals surface area contributed by atoms with Gasteiger partial charge in [-0.3, -0.25) is 0 Å². The largest absolute Gasteiger partial charge is 0.389 e. The zero-order chi connectivity index (χ0) is 14.8. The van der Waals surface area contributed by atoms with Crippen LogP contribution in [0.25, 0.3) is 0 Å². The van der Waals surface area contributed by atoms with Crippen LogP contribution < -0.4 is 5.73 Å². The third kappa shape index (κ3) is 1.84. The molecule has 21 heavy (non-hydrogen) atoms. The lowest BCUT2D eigenvalue weighted by Gasteiger charge is -2.58. The van der Waals surface area contributed by atoms with Gasteiger partial charge in [0, 0.05) is 6.04 Å². The molecule has 0 aliphatic heterocycles. The molecule has 4 rings (SSSR count). The fourth-order valence-electron chi connectivity index (χ4n) is 6.75. The van der Waals surface area contributed by atoms with Gasteiger partial charge in [0.1, 0.15) is 0 Å². The molecule has 0 saturated heterocycles. The van der Waals surface area contributed by atoms with Crippen molar-refractivity contribution < 1.29 is 5.11 Å². The average molecular weight is 289 g/mol. The Hall–Kier alpha value is -0.340. The van der Waals surface area contributed by atoms with Crippen LogP contribution in [-0.4, -0.2) is 17.3 Å². The number of nitrogens with two attached hydrogens (primary N) is 1. The highest BCUT2D eigenvalue weighted by molar-refractivity contribution is 5.25. The Bertz CT molecular complexity index is 472. The Balaban J connectivity index is 1.67. The van der Waals surface area contributed by atoms with Gasteiger partial charge in [-0.15, -0.1) is 0 Å². The van der Waals surface area contributed by atoms with E-state index in [4.69, 9.17) is 5.73 Å². The van der Waals surface area contributed by atoms with Crippen molar-refractivity contribution in [2.75, 3.05) is 0 Å². The van der Waals surface area contributed by atoms with E-state index in [2.05, 4.69) is 19.9 Å². The van der Waals surface area contributed by atoms with Gasteiger partial charge in [-0.25, -0.2) is 0 Å². The van der Waals surface area contributed by atoms with E-state index in [0.29, 0.717) is 16.9 Å². The van der Waals surface area contributed by atoms with Gasteiger partial charge in [0.25, 0.3) is 0 Å². The molecule has 0 aromatic rings. The summed E-state index contributed by atoms with van der Waals surface area (Å²) in [5, 5.41) is 9.99. The standard InChI is InChI=1S/C19H31NO/c1-18-9-7-13(21)11-12(18)3-4-14-15-5-6-17(20)19(15,2)10-8-16(14)18/h11,13-17,21H,3-10,20H2,1-2H3/t13?,14-,15-,16+,17?,18-,19-/m0/s1. The summed E-state index contributed by atoms with van der Waals surface area (Å²) in [5.74, 6) is 2.58. The molecule has 0 aromatic carbocycles. The second-order valence-electron chi connectivity index (χ2n) is 8.86. The van der Waals surface area contributed by atoms with E-state index in [1.165, 1.54) is 44.9 Å². The molecule has 3 saturated carbocycles. The van der Waals surface area contributed by atoms with Crippen LogP contribution in [0.4, 0.5) is 0 Å². The van der Waals surface area contributed by atoms with Crippen LogP contribution in [0.3, 0.4) is 0 Å². The predicted octanol–water partition coefficient (Wildman–Crippen LogP) is 3.64. The molecule has 118 valence electrons. The number of allylic oxidation sites excluding steroid dienone is 1. The Labute approximate surface area is 129 Å². The van der Waals surface area contributed by atoms with Gasteiger partial charge >= 0.3 is 0 Å². The SMILES string of the molecule is C[C@]12CCC(O)C=C1CC[C@@H]1[C@H]2CC[C@]2(C)C(N)CC[C@@H]12. The molecular formula is C19H31NO. The summed E-state index contributed by atoms with van der Waals surface area (Å²) in [6, 6.07) is 0.432. The topological polar surface area (TPSA) is 46.2 Å². The van der Waals surface area contributed by atoms with E-state index in [9.17, 15) is 5.11 Å². The van der Waals surface area contributed by atoms with E-state index in [1.807, 2.05) is 0 Å². The molecule has 0 amide bonds. The number of aliphatic hydroxyl groups is 1. The molecule has 4 aliphatic rings. The van der Waals surface area contributed by atoms with E-state index in [-0.39, 0.29) is 6.10 Å². The maximum absolute atomic E-state index is 9.99. The molecule has 3 N–H and O–H groups in total. The zero-order valence-electron chi connectivity index (χ0n) is 13.6. The quantitative estimate of drug-likeness (QED) is 0.669. The van der Waals surface area contributed by atoms with Crippen molar-refractivity contribution in [3.05, 3.63) is 11.6 Å². The fourth-order valence-corrected chi connectivity index (χ4v) is 6.75. The molecule has 2 unspecified atom stereocenters. The highest BCUT2D eigenvalue weighted by atomic mass is 16.3. The van der Waals surface area contributed by atoms with Crippen molar-refractivity contribution in [1.29, 1.82) is 0 Å². The fraction of sp³-hybridized carbons (Fsp3) is 0.895. The van der Waals surface area contributed by atoms with E-state index in [0.717, 1.165) is 24.2 Å². The number of hydrogen-bond donors (Lipinski definition) is 2. The van der Waals surface area contributed by atoms with Crippen molar-refractivity contribution in [3.8, 4) is 0 Å². The third-order valence-corrected chi connectivity index (χ3v) is 8.16. The van der Waals surface area contributed by atoms with Crippen LogP contribution in [-0.2, 0) is 0 Å². The lowest BCUT2D eigenvalue weighted by Crippen LogP contribution is -2.52. The van der Waals surface area contributed by atoms with E-state index in [1.54, 1.807) is 5.57 Å². The lowest BCUT2D eigenvalue weighted by atomic mass is 9.47. The van der Waals surface area contributed by atoms with Gasteiger partial charge in [-0.05, 0) is 80.0 Å². The number of fused-ring (bicyclic) bond motifs is 5. The average Bonchev–Trinajstić information content (AvgIpc) is 2.76. The summed E-state index contributed by atoms with van der Waals surface area (Å²) in [6.45, 7) is 4.98. The van der Waals surface area contributed by atoms with Crippen molar-refractivity contribution >= 4 is 0 Å². The Morgan fingerprint density at radius 1 is 1.05 bits per heavy atom. The summed E-state index contributed by atoms with van der Waals surface area (Å²) >= 11 is 0. The molecule has 7 atom stereocenters. The van der Waals surface area contributed by atoms with Gasteiger partial charge in [-0.2, -0.15) is 0 Å². The summed E-state index contributed by atoms with van der Waals surface area (Å²) < 4.78 is 0. The molecular weight excluding hydrogens is 258 g/mol. The first-order valence-corrected chi connectivity index (χ1v) is 9.10. The van der Waals surface area contributed by atoms with Gasteiger partial charge < -0.3 is 10.8 Å². The summed E-state index contributed by atoms with van der Waals surface area (Å²) in [7, 11) is 0. The highest BCUT2D eigenvalue weighted by Crippen LogP contribution is 2.65. The van der Waals surface area contributed by atoms with Crippen LogP contribution in [0.2, 0.25) is 0 Å². The normalized spacial score (nSPS) is 56.2.